The molecule has 13 aromatic rings. The lowest BCUT2D eigenvalue weighted by molar-refractivity contribution is 0.667. The lowest BCUT2D eigenvalue weighted by atomic mass is 9.95. The number of hydrogen-bond acceptors (Lipinski definition) is 5. The molecule has 0 saturated carbocycles. The Bertz CT molecular complexity index is 3930. The van der Waals surface area contributed by atoms with Crippen molar-refractivity contribution in [3.05, 3.63) is 207 Å². The Labute approximate surface area is 370 Å². The first-order valence-corrected chi connectivity index (χ1v) is 22.7. The van der Waals surface area contributed by atoms with Gasteiger partial charge < -0.3 is 4.42 Å². The molecule has 5 heteroatoms. The molecular weight excluding hydrogens is 805 g/mol. The Balaban J connectivity index is 0.815. The van der Waals surface area contributed by atoms with Gasteiger partial charge in [0.2, 0.25) is 0 Å². The quantitative estimate of drug-likeness (QED) is 0.167. The summed E-state index contributed by atoms with van der Waals surface area (Å²) in [4.78, 5) is 9.58. The average Bonchev–Trinajstić information content (AvgIpc) is 4.05. The van der Waals surface area contributed by atoms with Gasteiger partial charge in [-0.1, -0.05) is 158 Å². The van der Waals surface area contributed by atoms with Gasteiger partial charge in [0, 0.05) is 51.3 Å². The molecule has 63 heavy (non-hydrogen) atoms. The smallest absolute Gasteiger partial charge is 0.180 e. The molecule has 0 spiro atoms. The molecule has 4 heterocycles. The van der Waals surface area contributed by atoms with Gasteiger partial charge in [0.05, 0.1) is 0 Å². The predicted octanol–water partition coefficient (Wildman–Crippen LogP) is 17.1. The van der Waals surface area contributed by atoms with Crippen molar-refractivity contribution in [2.45, 2.75) is 0 Å². The van der Waals surface area contributed by atoms with Crippen LogP contribution in [0, 0.1) is 0 Å². The molecule has 0 bridgehead atoms. The molecule has 0 N–H and O–H groups in total. The third-order valence-corrected chi connectivity index (χ3v) is 14.9. The van der Waals surface area contributed by atoms with E-state index in [0.29, 0.717) is 5.58 Å². The fourth-order valence-electron chi connectivity index (χ4n) is 9.34. The highest BCUT2D eigenvalue weighted by Crippen LogP contribution is 2.43. The first-order valence-electron chi connectivity index (χ1n) is 21.1. The van der Waals surface area contributed by atoms with Crippen molar-refractivity contribution < 1.29 is 4.42 Å². The Morgan fingerprint density at radius 1 is 0.333 bits per heavy atom. The van der Waals surface area contributed by atoms with E-state index in [1.54, 1.807) is 6.33 Å². The summed E-state index contributed by atoms with van der Waals surface area (Å²) in [5, 5.41) is 6.23. The van der Waals surface area contributed by atoms with Gasteiger partial charge in [-0.25, -0.2) is 9.97 Å². The van der Waals surface area contributed by atoms with Crippen LogP contribution in [0.3, 0.4) is 0 Å². The van der Waals surface area contributed by atoms with Crippen LogP contribution in [0.25, 0.3) is 129 Å². The second-order valence-corrected chi connectivity index (χ2v) is 18.2. The van der Waals surface area contributed by atoms with Crippen LogP contribution in [-0.2, 0) is 0 Å². The Morgan fingerprint density at radius 2 is 0.810 bits per heavy atom. The van der Waals surface area contributed by atoms with Gasteiger partial charge in [0.1, 0.15) is 23.1 Å². The highest BCUT2D eigenvalue weighted by Gasteiger charge is 2.18. The third kappa shape index (κ3) is 6.00. The standard InChI is InChI=1S/C58H34N2OS2/c1-3-22-52-46(16-1)48-20-8-18-44(57(48)62-52)36-26-24-35(25-27-36)37-10-5-11-38(30-37)40-13-7-15-43(32-40)54-56-55(60-34-59-54)50-33-41(28-29-51(50)61-56)39-12-6-14-42(31-39)45-19-9-21-49-47-17-2-4-23-53(47)63-58(45)49/h1-34H. The minimum atomic E-state index is 0.687. The Morgan fingerprint density at radius 3 is 1.48 bits per heavy atom. The van der Waals surface area contributed by atoms with Gasteiger partial charge in [-0.05, 0) is 98.1 Å². The average molecular weight is 839 g/mol. The summed E-state index contributed by atoms with van der Waals surface area (Å²) in [6, 6.07) is 72.3. The number of benzene rings is 9. The number of fused-ring (bicyclic) bond motifs is 9. The summed E-state index contributed by atoms with van der Waals surface area (Å²) < 4.78 is 11.9. The molecule has 0 aliphatic rings. The van der Waals surface area contributed by atoms with E-state index in [4.69, 9.17) is 14.4 Å². The molecule has 3 nitrogen and oxygen atoms in total. The van der Waals surface area contributed by atoms with Gasteiger partial charge in [-0.3, -0.25) is 0 Å². The number of furan rings is 1. The van der Waals surface area contributed by atoms with Gasteiger partial charge in [-0.2, -0.15) is 0 Å². The minimum Gasteiger partial charge on any atom is -0.452 e. The van der Waals surface area contributed by atoms with Gasteiger partial charge in [0.25, 0.3) is 0 Å². The molecule has 0 radical (unpaired) electrons. The molecule has 9 aromatic carbocycles. The van der Waals surface area contributed by atoms with Crippen molar-refractivity contribution in [1.29, 1.82) is 0 Å². The van der Waals surface area contributed by atoms with Crippen LogP contribution < -0.4 is 0 Å². The molecule has 0 atom stereocenters. The van der Waals surface area contributed by atoms with Gasteiger partial charge in [-0.15, -0.1) is 22.7 Å². The van der Waals surface area contributed by atoms with Crippen LogP contribution >= 0.6 is 22.7 Å². The molecule has 4 aromatic heterocycles. The maximum atomic E-state index is 6.58. The normalized spacial score (nSPS) is 11.8. The van der Waals surface area contributed by atoms with Crippen LogP contribution in [0.1, 0.15) is 0 Å². The number of aromatic nitrogens is 2. The largest absolute Gasteiger partial charge is 0.452 e. The van der Waals surface area contributed by atoms with Crippen molar-refractivity contribution in [1.82, 2.24) is 9.97 Å². The van der Waals surface area contributed by atoms with E-state index in [1.807, 2.05) is 22.7 Å². The van der Waals surface area contributed by atoms with E-state index in [0.717, 1.165) is 50.0 Å². The Hall–Kier alpha value is -7.70. The number of rotatable bonds is 6. The van der Waals surface area contributed by atoms with Crippen molar-refractivity contribution >= 4 is 85.1 Å². The number of nitrogens with zero attached hydrogens (tertiary/aromatic N) is 2. The predicted molar refractivity (Wildman–Crippen MR) is 268 cm³/mol. The van der Waals surface area contributed by atoms with E-state index in [1.165, 1.54) is 73.7 Å². The van der Waals surface area contributed by atoms with Crippen LogP contribution in [0.15, 0.2) is 211 Å². The van der Waals surface area contributed by atoms with E-state index < -0.39 is 0 Å². The van der Waals surface area contributed by atoms with E-state index in [-0.39, 0.29) is 0 Å². The summed E-state index contributed by atoms with van der Waals surface area (Å²) in [7, 11) is 0. The zero-order valence-electron chi connectivity index (χ0n) is 33.7. The summed E-state index contributed by atoms with van der Waals surface area (Å²) in [5.74, 6) is 0. The highest BCUT2D eigenvalue weighted by molar-refractivity contribution is 7.26. The lowest BCUT2D eigenvalue weighted by Crippen LogP contribution is -1.88. The fraction of sp³-hybridized carbons (Fsp3) is 0. The van der Waals surface area contributed by atoms with E-state index >= 15 is 0 Å². The molecule has 0 unspecified atom stereocenters. The summed E-state index contributed by atoms with van der Waals surface area (Å²) >= 11 is 3.73. The third-order valence-electron chi connectivity index (χ3n) is 12.4. The molecule has 0 aliphatic heterocycles. The highest BCUT2D eigenvalue weighted by atomic mass is 32.1. The molecule has 294 valence electrons. The molecule has 0 saturated heterocycles. The van der Waals surface area contributed by atoms with Crippen LogP contribution in [0.5, 0.6) is 0 Å². The molecule has 0 amide bonds. The first-order chi connectivity index (χ1) is 31.2. The molecule has 0 fully saturated rings. The van der Waals surface area contributed by atoms with Crippen molar-refractivity contribution in [2.75, 3.05) is 0 Å². The topological polar surface area (TPSA) is 38.9 Å². The van der Waals surface area contributed by atoms with Crippen LogP contribution in [0.2, 0.25) is 0 Å². The van der Waals surface area contributed by atoms with Crippen LogP contribution in [0.4, 0.5) is 0 Å². The van der Waals surface area contributed by atoms with Gasteiger partial charge in [0.15, 0.2) is 5.58 Å². The van der Waals surface area contributed by atoms with Crippen molar-refractivity contribution in [2.24, 2.45) is 0 Å². The maximum absolute atomic E-state index is 6.58. The van der Waals surface area contributed by atoms with Crippen molar-refractivity contribution in [3.8, 4) is 66.9 Å². The fourth-order valence-corrected chi connectivity index (χ4v) is 11.8. The molecule has 13 rings (SSSR count). The monoisotopic (exact) mass is 838 g/mol. The minimum absolute atomic E-state index is 0.687. The zero-order chi connectivity index (χ0) is 41.4. The Kier molecular flexibility index (Phi) is 8.26. The zero-order valence-corrected chi connectivity index (χ0v) is 35.4. The second kappa shape index (κ2) is 14.5. The second-order valence-electron chi connectivity index (χ2n) is 16.1. The van der Waals surface area contributed by atoms with Crippen molar-refractivity contribution in [3.63, 3.8) is 0 Å². The summed E-state index contributed by atoms with van der Waals surface area (Å²) in [5.41, 5.74) is 15.8. The lowest BCUT2D eigenvalue weighted by Gasteiger charge is -2.09. The van der Waals surface area contributed by atoms with E-state index in [9.17, 15) is 0 Å². The number of thiophene rings is 2. The first kappa shape index (κ1) is 36.0. The van der Waals surface area contributed by atoms with Crippen LogP contribution in [-0.4, -0.2) is 9.97 Å². The maximum Gasteiger partial charge on any atom is 0.180 e. The summed E-state index contributed by atoms with van der Waals surface area (Å²) in [6.07, 6.45) is 1.66. The number of hydrogen-bond donors (Lipinski definition) is 0. The SMILES string of the molecule is c1cc(-c2ccc(-c3cccc4c3sc3ccccc34)cc2)cc(-c2cccc(-c3ncnc4c3oc3ccc(-c5cccc(-c6cccc7c6sc6ccccc67)c5)cc34)c2)c1. The van der Waals surface area contributed by atoms with Gasteiger partial charge >= 0.3 is 0 Å². The summed E-state index contributed by atoms with van der Waals surface area (Å²) in [6.45, 7) is 0. The molecular formula is C58H34N2OS2. The van der Waals surface area contributed by atoms with E-state index in [2.05, 4.69) is 200 Å². The molecule has 0 aliphatic carbocycles.